The van der Waals surface area contributed by atoms with Crippen molar-refractivity contribution in [2.75, 3.05) is 6.61 Å². The molecule has 0 saturated carbocycles. The van der Waals surface area contributed by atoms with Crippen LogP contribution in [0.15, 0.2) is 30.9 Å². The highest BCUT2D eigenvalue weighted by molar-refractivity contribution is 7.13. The highest BCUT2D eigenvalue weighted by Crippen LogP contribution is 2.26. The zero-order chi connectivity index (χ0) is 14.9. The summed E-state index contributed by atoms with van der Waals surface area (Å²) >= 11 is 1.55. The van der Waals surface area contributed by atoms with Crippen molar-refractivity contribution < 1.29 is 4.74 Å². The Balaban J connectivity index is 1.60. The van der Waals surface area contributed by atoms with E-state index in [9.17, 15) is 0 Å². The Morgan fingerprint density at radius 3 is 2.71 bits per heavy atom. The second-order valence-electron chi connectivity index (χ2n) is 5.47. The molecule has 0 radical (unpaired) electrons. The quantitative estimate of drug-likeness (QED) is 0.402. The van der Waals surface area contributed by atoms with E-state index in [1.165, 1.54) is 42.2 Å². The molecule has 3 heteroatoms. The first kappa shape index (κ1) is 16.0. The van der Waals surface area contributed by atoms with Crippen LogP contribution in [0.5, 0.6) is 5.75 Å². The minimum absolute atomic E-state index is 0.815. The van der Waals surface area contributed by atoms with E-state index in [1.54, 1.807) is 11.5 Å². The van der Waals surface area contributed by atoms with Gasteiger partial charge in [-0.15, -0.1) is 6.58 Å². The van der Waals surface area contributed by atoms with Crippen LogP contribution >= 0.6 is 11.5 Å². The fraction of sp³-hybridized carbons (Fsp3) is 0.500. The third-order valence-corrected chi connectivity index (χ3v) is 4.59. The molecule has 1 aromatic heterocycles. The Hall–Kier alpha value is -1.35. The van der Waals surface area contributed by atoms with E-state index in [4.69, 9.17) is 4.74 Å². The molecule has 2 aromatic rings. The Morgan fingerprint density at radius 2 is 1.90 bits per heavy atom. The molecule has 0 unspecified atom stereocenters. The Labute approximate surface area is 132 Å². The van der Waals surface area contributed by atoms with Gasteiger partial charge in [0.1, 0.15) is 5.75 Å². The van der Waals surface area contributed by atoms with Gasteiger partial charge in [-0.1, -0.05) is 31.8 Å². The SMILES string of the molecule is C=CCCCCCCCCOc1ccc2c(C)nsc2c1. The van der Waals surface area contributed by atoms with Crippen LogP contribution in [-0.4, -0.2) is 11.0 Å². The molecule has 0 aliphatic heterocycles. The summed E-state index contributed by atoms with van der Waals surface area (Å²) in [7, 11) is 0. The number of rotatable bonds is 10. The molecule has 1 heterocycles. The zero-order valence-electron chi connectivity index (χ0n) is 12.9. The molecule has 2 rings (SSSR count). The van der Waals surface area contributed by atoms with Crippen molar-refractivity contribution in [3.05, 3.63) is 36.5 Å². The Morgan fingerprint density at radius 1 is 1.14 bits per heavy atom. The Bertz CT molecular complexity index is 561. The molecule has 2 nitrogen and oxygen atoms in total. The lowest BCUT2D eigenvalue weighted by molar-refractivity contribution is 0.305. The summed E-state index contributed by atoms with van der Waals surface area (Å²) in [6.45, 7) is 6.61. The van der Waals surface area contributed by atoms with Crippen LogP contribution in [0.3, 0.4) is 0 Å². The maximum Gasteiger partial charge on any atom is 0.120 e. The van der Waals surface area contributed by atoms with Gasteiger partial charge in [0.05, 0.1) is 17.0 Å². The van der Waals surface area contributed by atoms with Gasteiger partial charge < -0.3 is 4.74 Å². The van der Waals surface area contributed by atoms with Crippen LogP contribution in [-0.2, 0) is 0 Å². The topological polar surface area (TPSA) is 22.1 Å². The van der Waals surface area contributed by atoms with Gasteiger partial charge in [0.2, 0.25) is 0 Å². The molecule has 1 aromatic carbocycles. The van der Waals surface area contributed by atoms with Gasteiger partial charge in [0, 0.05) is 5.39 Å². The third-order valence-electron chi connectivity index (χ3n) is 3.70. The summed E-state index contributed by atoms with van der Waals surface area (Å²) in [5.74, 6) is 0.970. The summed E-state index contributed by atoms with van der Waals surface area (Å²) in [6.07, 6.45) is 10.8. The highest BCUT2D eigenvalue weighted by atomic mass is 32.1. The van der Waals surface area contributed by atoms with E-state index in [0.29, 0.717) is 0 Å². The summed E-state index contributed by atoms with van der Waals surface area (Å²) in [5, 5.41) is 1.24. The van der Waals surface area contributed by atoms with Crippen LogP contribution in [0.2, 0.25) is 0 Å². The molecule has 0 saturated heterocycles. The first-order valence-corrected chi connectivity index (χ1v) is 8.68. The number of hydrogen-bond acceptors (Lipinski definition) is 3. The van der Waals surface area contributed by atoms with Crippen molar-refractivity contribution in [3.8, 4) is 5.75 Å². The molecular formula is C18H25NOS. The molecule has 114 valence electrons. The summed E-state index contributed by atoms with van der Waals surface area (Å²) in [5.41, 5.74) is 1.11. The summed E-state index contributed by atoms with van der Waals surface area (Å²) in [4.78, 5) is 0. The molecule has 0 aliphatic rings. The standard InChI is InChI=1S/C18H25NOS/c1-3-4-5-6-7-8-9-10-13-20-16-11-12-17-15(2)19-21-18(17)14-16/h3,11-12,14H,1,4-10,13H2,2H3. The number of hydrogen-bond donors (Lipinski definition) is 0. The van der Waals surface area contributed by atoms with E-state index in [0.717, 1.165) is 30.9 Å². The van der Waals surface area contributed by atoms with Crippen molar-refractivity contribution >= 4 is 21.6 Å². The smallest absolute Gasteiger partial charge is 0.120 e. The number of ether oxygens (including phenoxy) is 1. The molecule has 0 bridgehead atoms. The first-order valence-electron chi connectivity index (χ1n) is 7.91. The number of allylic oxidation sites excluding steroid dienone is 1. The average molecular weight is 303 g/mol. The molecular weight excluding hydrogens is 278 g/mol. The zero-order valence-corrected chi connectivity index (χ0v) is 13.8. The first-order chi connectivity index (χ1) is 10.3. The van der Waals surface area contributed by atoms with Gasteiger partial charge >= 0.3 is 0 Å². The van der Waals surface area contributed by atoms with E-state index in [-0.39, 0.29) is 0 Å². The monoisotopic (exact) mass is 303 g/mol. The molecule has 0 N–H and O–H groups in total. The third kappa shape index (κ3) is 5.16. The van der Waals surface area contributed by atoms with Gasteiger partial charge in [0.15, 0.2) is 0 Å². The van der Waals surface area contributed by atoms with Crippen molar-refractivity contribution in [1.82, 2.24) is 4.37 Å². The van der Waals surface area contributed by atoms with Crippen LogP contribution in [0.4, 0.5) is 0 Å². The maximum atomic E-state index is 5.83. The van der Waals surface area contributed by atoms with Gasteiger partial charge in [-0.05, 0) is 55.9 Å². The van der Waals surface area contributed by atoms with Crippen molar-refractivity contribution in [2.24, 2.45) is 0 Å². The summed E-state index contributed by atoms with van der Waals surface area (Å²) in [6, 6.07) is 6.28. The van der Waals surface area contributed by atoms with Gasteiger partial charge in [-0.25, -0.2) is 0 Å². The number of nitrogens with zero attached hydrogens (tertiary/aromatic N) is 1. The summed E-state index contributed by atoms with van der Waals surface area (Å²) < 4.78 is 11.4. The molecule has 0 atom stereocenters. The molecule has 0 amide bonds. The highest BCUT2D eigenvalue weighted by Gasteiger charge is 2.03. The van der Waals surface area contributed by atoms with E-state index < -0.39 is 0 Å². The minimum atomic E-state index is 0.815. The van der Waals surface area contributed by atoms with E-state index >= 15 is 0 Å². The lowest BCUT2D eigenvalue weighted by Gasteiger charge is -2.06. The minimum Gasteiger partial charge on any atom is -0.494 e. The second-order valence-corrected chi connectivity index (χ2v) is 6.28. The van der Waals surface area contributed by atoms with E-state index in [1.807, 2.05) is 6.08 Å². The van der Waals surface area contributed by atoms with Gasteiger partial charge in [-0.3, -0.25) is 0 Å². The molecule has 0 fully saturated rings. The Kier molecular flexibility index (Phi) is 6.74. The number of fused-ring (bicyclic) bond motifs is 1. The average Bonchev–Trinajstić information content (AvgIpc) is 2.86. The van der Waals surface area contributed by atoms with E-state index in [2.05, 4.69) is 36.1 Å². The van der Waals surface area contributed by atoms with Crippen molar-refractivity contribution in [1.29, 1.82) is 0 Å². The van der Waals surface area contributed by atoms with Crippen LogP contribution in [0, 0.1) is 6.92 Å². The largest absolute Gasteiger partial charge is 0.494 e. The number of aryl methyl sites for hydroxylation is 1. The number of benzene rings is 1. The molecule has 0 aliphatic carbocycles. The van der Waals surface area contributed by atoms with Crippen LogP contribution in [0.25, 0.3) is 10.1 Å². The van der Waals surface area contributed by atoms with Crippen molar-refractivity contribution in [2.45, 2.75) is 51.9 Å². The van der Waals surface area contributed by atoms with Crippen molar-refractivity contribution in [3.63, 3.8) is 0 Å². The van der Waals surface area contributed by atoms with Crippen LogP contribution in [0.1, 0.15) is 50.6 Å². The van der Waals surface area contributed by atoms with Crippen LogP contribution < -0.4 is 4.74 Å². The van der Waals surface area contributed by atoms with Gasteiger partial charge in [-0.2, -0.15) is 4.37 Å². The fourth-order valence-corrected chi connectivity index (χ4v) is 3.24. The molecule has 21 heavy (non-hydrogen) atoms. The molecule has 0 spiro atoms. The fourth-order valence-electron chi connectivity index (χ4n) is 2.42. The lowest BCUT2D eigenvalue weighted by Crippen LogP contribution is -1.97. The number of unbranched alkanes of at least 4 members (excludes halogenated alkanes) is 6. The predicted octanol–water partition coefficient (Wildman–Crippen LogP) is 5.90. The normalized spacial score (nSPS) is 10.9. The second kappa shape index (κ2) is 8.83. The lowest BCUT2D eigenvalue weighted by atomic mass is 10.1. The maximum absolute atomic E-state index is 5.83. The predicted molar refractivity (Wildman–Crippen MR) is 92.4 cm³/mol. The number of aromatic nitrogens is 1. The van der Waals surface area contributed by atoms with Gasteiger partial charge in [0.25, 0.3) is 0 Å².